The van der Waals surface area contributed by atoms with Gasteiger partial charge in [0.1, 0.15) is 5.82 Å². The van der Waals surface area contributed by atoms with Crippen LogP contribution in [0.4, 0.5) is 4.39 Å². The maximum absolute atomic E-state index is 13.3. The first-order valence-electron chi connectivity index (χ1n) is 8.47. The second-order valence-electron chi connectivity index (χ2n) is 5.92. The van der Waals surface area contributed by atoms with Crippen LogP contribution in [0.5, 0.6) is 0 Å². The van der Waals surface area contributed by atoms with Gasteiger partial charge in [0, 0.05) is 12.1 Å². The summed E-state index contributed by atoms with van der Waals surface area (Å²) < 4.78 is 19.3. The molecule has 0 saturated carbocycles. The van der Waals surface area contributed by atoms with Crippen LogP contribution in [0.1, 0.15) is 16.8 Å². The topological polar surface area (TPSA) is 78.3 Å². The number of para-hydroxylation sites is 1. The third-order valence-electron chi connectivity index (χ3n) is 4.07. The second-order valence-corrected chi connectivity index (χ2v) is 6.86. The number of aromatic nitrogens is 2. The summed E-state index contributed by atoms with van der Waals surface area (Å²) in [5, 5.41) is 0.741. The van der Waals surface area contributed by atoms with Crippen molar-refractivity contribution in [2.24, 2.45) is 0 Å². The summed E-state index contributed by atoms with van der Waals surface area (Å²) in [6.45, 7) is 0.0832. The number of fused-ring (bicyclic) bond motifs is 1. The van der Waals surface area contributed by atoms with Crippen LogP contribution in [0.15, 0.2) is 58.5 Å². The summed E-state index contributed by atoms with van der Waals surface area (Å²) in [6.07, 6.45) is 0.00182. The number of hydrogen-bond donors (Lipinski definition) is 0. The number of carbonyl (C=O) groups is 2. The van der Waals surface area contributed by atoms with Crippen molar-refractivity contribution in [3.63, 3.8) is 0 Å². The number of thioether (sulfide) groups is 1. The van der Waals surface area contributed by atoms with Crippen molar-refractivity contribution in [2.45, 2.75) is 18.1 Å². The number of ether oxygens (including phenoxy) is 1. The van der Waals surface area contributed by atoms with Gasteiger partial charge in [-0.2, -0.15) is 0 Å². The number of rotatable bonds is 7. The minimum Gasteiger partial charge on any atom is -0.469 e. The first kappa shape index (κ1) is 19.8. The van der Waals surface area contributed by atoms with E-state index in [1.54, 1.807) is 24.3 Å². The molecular formula is C20H17FN2O4S. The van der Waals surface area contributed by atoms with Crippen molar-refractivity contribution >= 4 is 34.4 Å². The van der Waals surface area contributed by atoms with E-state index in [1.165, 1.54) is 35.9 Å². The lowest BCUT2D eigenvalue weighted by molar-refractivity contribution is -0.140. The van der Waals surface area contributed by atoms with E-state index in [-0.39, 0.29) is 35.6 Å². The standard InChI is InChI=1S/C20H17FN2O4S/c1-27-18(25)9-10-23-19(26)15-7-2-3-8-16(15)22-20(23)28-12-17(24)13-5-4-6-14(21)11-13/h2-8,11H,9-10,12H2,1H3. The molecule has 8 heteroatoms. The minimum atomic E-state index is -0.491. The number of carbonyl (C=O) groups excluding carboxylic acids is 2. The second kappa shape index (κ2) is 8.79. The molecule has 1 aromatic heterocycles. The van der Waals surface area contributed by atoms with Crippen molar-refractivity contribution in [1.82, 2.24) is 9.55 Å². The highest BCUT2D eigenvalue weighted by Crippen LogP contribution is 2.20. The number of esters is 1. The summed E-state index contributed by atoms with van der Waals surface area (Å²) in [6, 6.07) is 12.3. The van der Waals surface area contributed by atoms with E-state index in [1.807, 2.05) is 0 Å². The van der Waals surface area contributed by atoms with Gasteiger partial charge >= 0.3 is 5.97 Å². The third-order valence-corrected chi connectivity index (χ3v) is 5.05. The van der Waals surface area contributed by atoms with Gasteiger partial charge in [-0.25, -0.2) is 9.37 Å². The van der Waals surface area contributed by atoms with Gasteiger partial charge in [0.05, 0.1) is 30.2 Å². The maximum Gasteiger partial charge on any atom is 0.307 e. The number of hydrogen-bond acceptors (Lipinski definition) is 6. The Balaban J connectivity index is 1.90. The smallest absolute Gasteiger partial charge is 0.307 e. The number of nitrogens with zero attached hydrogens (tertiary/aromatic N) is 2. The van der Waals surface area contributed by atoms with E-state index in [0.717, 1.165) is 11.8 Å². The molecule has 0 unspecified atom stereocenters. The average molecular weight is 400 g/mol. The van der Waals surface area contributed by atoms with E-state index in [0.29, 0.717) is 16.1 Å². The van der Waals surface area contributed by atoms with Crippen molar-refractivity contribution in [3.05, 3.63) is 70.3 Å². The highest BCUT2D eigenvalue weighted by Gasteiger charge is 2.15. The molecule has 0 atom stereocenters. The largest absolute Gasteiger partial charge is 0.469 e. The summed E-state index contributed by atoms with van der Waals surface area (Å²) in [7, 11) is 1.27. The van der Waals surface area contributed by atoms with Crippen molar-refractivity contribution in [2.75, 3.05) is 12.9 Å². The Bertz CT molecular complexity index is 1100. The molecule has 3 rings (SSSR count). The fraction of sp³-hybridized carbons (Fsp3) is 0.200. The zero-order chi connectivity index (χ0) is 20.1. The van der Waals surface area contributed by atoms with Crippen LogP contribution in [0, 0.1) is 5.82 Å². The van der Waals surface area contributed by atoms with E-state index < -0.39 is 11.8 Å². The Labute approximate surface area is 164 Å². The van der Waals surface area contributed by atoms with Crippen LogP contribution in [-0.4, -0.2) is 34.2 Å². The predicted molar refractivity (Wildman–Crippen MR) is 104 cm³/mol. The van der Waals surface area contributed by atoms with Crippen LogP contribution < -0.4 is 5.56 Å². The van der Waals surface area contributed by atoms with Gasteiger partial charge in [0.15, 0.2) is 10.9 Å². The molecule has 0 aliphatic carbocycles. The number of ketones is 1. The van der Waals surface area contributed by atoms with Crippen molar-refractivity contribution < 1.29 is 18.7 Å². The summed E-state index contributed by atoms with van der Waals surface area (Å²) in [4.78, 5) is 41.2. The number of halogens is 1. The lowest BCUT2D eigenvalue weighted by Crippen LogP contribution is -2.25. The first-order valence-corrected chi connectivity index (χ1v) is 9.46. The van der Waals surface area contributed by atoms with Crippen LogP contribution in [-0.2, 0) is 16.1 Å². The molecule has 0 saturated heterocycles. The Morgan fingerprint density at radius 1 is 1.18 bits per heavy atom. The molecule has 0 aliphatic heterocycles. The predicted octanol–water partition coefficient (Wildman–Crippen LogP) is 3.07. The van der Waals surface area contributed by atoms with Gasteiger partial charge in [-0.3, -0.25) is 19.0 Å². The summed E-state index contributed by atoms with van der Waals surface area (Å²) >= 11 is 1.07. The number of Topliss-reactive ketones (excluding diaryl/α,β-unsaturated/α-hetero) is 1. The zero-order valence-corrected chi connectivity index (χ0v) is 15.9. The number of benzene rings is 2. The summed E-state index contributed by atoms with van der Waals surface area (Å²) in [5.74, 6) is -1.25. The quantitative estimate of drug-likeness (QED) is 0.263. The van der Waals surface area contributed by atoms with Gasteiger partial charge in [0.2, 0.25) is 0 Å². The van der Waals surface area contributed by atoms with E-state index in [2.05, 4.69) is 9.72 Å². The number of methoxy groups -OCH3 is 1. The van der Waals surface area contributed by atoms with E-state index in [4.69, 9.17) is 0 Å². The zero-order valence-electron chi connectivity index (χ0n) is 15.1. The molecule has 0 aliphatic rings. The molecule has 0 N–H and O–H groups in total. The van der Waals surface area contributed by atoms with Crippen LogP contribution in [0.2, 0.25) is 0 Å². The average Bonchev–Trinajstić information content (AvgIpc) is 2.71. The molecule has 6 nitrogen and oxygen atoms in total. The van der Waals surface area contributed by atoms with E-state index in [9.17, 15) is 18.8 Å². The molecule has 0 amide bonds. The highest BCUT2D eigenvalue weighted by molar-refractivity contribution is 7.99. The Morgan fingerprint density at radius 2 is 1.96 bits per heavy atom. The molecule has 1 heterocycles. The molecule has 0 fully saturated rings. The van der Waals surface area contributed by atoms with Gasteiger partial charge in [-0.1, -0.05) is 36.0 Å². The maximum atomic E-state index is 13.3. The lowest BCUT2D eigenvalue weighted by Gasteiger charge is -2.12. The molecule has 0 spiro atoms. The molecule has 2 aromatic carbocycles. The van der Waals surface area contributed by atoms with Crippen LogP contribution in [0.25, 0.3) is 10.9 Å². The molecule has 0 bridgehead atoms. The fourth-order valence-corrected chi connectivity index (χ4v) is 3.56. The normalized spacial score (nSPS) is 10.8. The van der Waals surface area contributed by atoms with Gasteiger partial charge < -0.3 is 4.74 Å². The van der Waals surface area contributed by atoms with Crippen LogP contribution >= 0.6 is 11.8 Å². The van der Waals surface area contributed by atoms with Gasteiger partial charge in [-0.05, 0) is 24.3 Å². The Morgan fingerprint density at radius 3 is 2.71 bits per heavy atom. The molecule has 0 radical (unpaired) electrons. The highest BCUT2D eigenvalue weighted by atomic mass is 32.2. The first-order chi connectivity index (χ1) is 13.5. The van der Waals surface area contributed by atoms with Crippen molar-refractivity contribution in [1.29, 1.82) is 0 Å². The van der Waals surface area contributed by atoms with Crippen molar-refractivity contribution in [3.8, 4) is 0 Å². The Hall–Kier alpha value is -3.00. The fourth-order valence-electron chi connectivity index (χ4n) is 2.64. The third kappa shape index (κ3) is 4.45. The monoisotopic (exact) mass is 400 g/mol. The lowest BCUT2D eigenvalue weighted by atomic mass is 10.1. The molecule has 3 aromatic rings. The molecule has 144 valence electrons. The Kier molecular flexibility index (Phi) is 6.20. The minimum absolute atomic E-state index is 0.00182. The molecule has 28 heavy (non-hydrogen) atoms. The van der Waals surface area contributed by atoms with Gasteiger partial charge in [0.25, 0.3) is 5.56 Å². The van der Waals surface area contributed by atoms with Gasteiger partial charge in [-0.15, -0.1) is 0 Å². The van der Waals surface area contributed by atoms with E-state index >= 15 is 0 Å². The SMILES string of the molecule is COC(=O)CCn1c(SCC(=O)c2cccc(F)c2)nc2ccccc2c1=O. The summed E-state index contributed by atoms with van der Waals surface area (Å²) in [5.41, 5.74) is 0.453. The molecular weight excluding hydrogens is 383 g/mol. The van der Waals surface area contributed by atoms with Crippen LogP contribution in [0.3, 0.4) is 0 Å².